The molecule has 0 saturated heterocycles. The lowest BCUT2D eigenvalue weighted by Crippen LogP contribution is -2.22. The topological polar surface area (TPSA) is 88.0 Å². The van der Waals surface area contributed by atoms with Gasteiger partial charge in [-0.2, -0.15) is 0 Å². The van der Waals surface area contributed by atoms with Crippen molar-refractivity contribution in [2.75, 3.05) is 11.9 Å². The number of nitrogens with one attached hydrogen (secondary N) is 1. The highest BCUT2D eigenvalue weighted by molar-refractivity contribution is 5.68. The summed E-state index contributed by atoms with van der Waals surface area (Å²) in [4.78, 5) is 23.9. The smallest absolute Gasteiger partial charge is 0.303 e. The number of aromatic nitrogens is 3. The average molecular weight is 433 g/mol. The van der Waals surface area contributed by atoms with Crippen LogP contribution in [0.3, 0.4) is 0 Å². The van der Waals surface area contributed by atoms with Crippen LogP contribution < -0.4 is 5.32 Å². The van der Waals surface area contributed by atoms with Crippen molar-refractivity contribution >= 4 is 11.8 Å². The van der Waals surface area contributed by atoms with E-state index in [1.807, 2.05) is 6.92 Å². The number of pyridine rings is 1. The van der Waals surface area contributed by atoms with Gasteiger partial charge in [-0.05, 0) is 62.6 Å². The van der Waals surface area contributed by atoms with Crippen molar-refractivity contribution in [2.24, 2.45) is 0 Å². The number of anilines is 1. The third-order valence-corrected chi connectivity index (χ3v) is 5.76. The molecule has 0 spiro atoms. The summed E-state index contributed by atoms with van der Waals surface area (Å²) in [6.45, 7) is 4.63. The highest BCUT2D eigenvalue weighted by atomic mass is 19.3. The van der Waals surface area contributed by atoms with E-state index in [1.54, 1.807) is 6.92 Å². The van der Waals surface area contributed by atoms with Crippen molar-refractivity contribution in [1.82, 2.24) is 15.0 Å². The number of hydrogen-bond acceptors (Lipinski definition) is 5. The molecule has 6 nitrogen and oxygen atoms in total. The number of alkyl halides is 2. The molecule has 1 atom stereocenters. The summed E-state index contributed by atoms with van der Waals surface area (Å²) in [7, 11) is 0. The molecule has 0 amide bonds. The second kappa shape index (κ2) is 10.1. The predicted molar refractivity (Wildman–Crippen MR) is 115 cm³/mol. The molecule has 0 unspecified atom stereocenters. The van der Waals surface area contributed by atoms with Crippen LogP contribution in [0.1, 0.15) is 72.7 Å². The fourth-order valence-electron chi connectivity index (χ4n) is 4.06. The molecule has 168 valence electrons. The molecule has 0 aliphatic carbocycles. The number of hydrogen-bond donors (Lipinski definition) is 2. The third-order valence-electron chi connectivity index (χ3n) is 5.76. The number of aliphatic carboxylic acids is 1. The molecule has 2 aromatic heterocycles. The molecule has 2 N–H and O–H groups in total. The van der Waals surface area contributed by atoms with Crippen molar-refractivity contribution in [1.29, 1.82) is 0 Å². The van der Waals surface area contributed by atoms with E-state index < -0.39 is 24.2 Å². The highest BCUT2D eigenvalue weighted by Gasteiger charge is 2.34. The van der Waals surface area contributed by atoms with Crippen LogP contribution in [0.25, 0.3) is 0 Å². The lowest BCUT2D eigenvalue weighted by molar-refractivity contribution is -0.138. The van der Waals surface area contributed by atoms with Crippen LogP contribution in [0.4, 0.5) is 14.6 Å². The van der Waals surface area contributed by atoms with Crippen molar-refractivity contribution in [3.8, 4) is 0 Å². The molecule has 0 radical (unpaired) electrons. The van der Waals surface area contributed by atoms with E-state index >= 15 is 0 Å². The van der Waals surface area contributed by atoms with Crippen molar-refractivity contribution in [3.63, 3.8) is 0 Å². The molecule has 3 rings (SSSR count). The standard InChI is InChI=1S/C23H30F2N4O2/c1-15-10-17-6-5-9-26-22(17)29-20(15)7-3-4-8-23(24,25)12-18(11-21(30)31)19-13-27-16(2)28-14-19/h10,13-14,18H,3-9,11-12H2,1-2H3,(H,26,29)(H,30,31)/t18-/m0/s1. The SMILES string of the molecule is Cc1ncc([C@@H](CC(=O)O)CC(F)(F)CCCCc2nc3c(cc2C)CCCN3)cn1. The molecule has 0 fully saturated rings. The number of nitrogens with zero attached hydrogens (tertiary/aromatic N) is 3. The first kappa shape index (κ1) is 23.0. The van der Waals surface area contributed by atoms with Gasteiger partial charge in [0.2, 0.25) is 5.92 Å². The summed E-state index contributed by atoms with van der Waals surface area (Å²) < 4.78 is 29.3. The fraction of sp³-hybridized carbons (Fsp3) is 0.565. The van der Waals surface area contributed by atoms with E-state index in [0.717, 1.165) is 36.5 Å². The van der Waals surface area contributed by atoms with Crippen LogP contribution in [-0.2, 0) is 17.6 Å². The maximum absolute atomic E-state index is 14.7. The van der Waals surface area contributed by atoms with E-state index in [4.69, 9.17) is 10.1 Å². The zero-order valence-corrected chi connectivity index (χ0v) is 18.1. The average Bonchev–Trinajstić information content (AvgIpc) is 2.71. The van der Waals surface area contributed by atoms with Gasteiger partial charge in [-0.3, -0.25) is 4.79 Å². The molecule has 0 saturated carbocycles. The monoisotopic (exact) mass is 432 g/mol. The van der Waals surface area contributed by atoms with Crippen LogP contribution in [0.2, 0.25) is 0 Å². The molecule has 1 aliphatic rings. The molecule has 0 aromatic carbocycles. The van der Waals surface area contributed by atoms with Gasteiger partial charge in [-0.15, -0.1) is 0 Å². The first-order valence-corrected chi connectivity index (χ1v) is 10.8. The minimum atomic E-state index is -2.95. The first-order valence-electron chi connectivity index (χ1n) is 10.8. The summed E-state index contributed by atoms with van der Waals surface area (Å²) in [6, 6.07) is 2.15. The Hall–Kier alpha value is -2.64. The van der Waals surface area contributed by atoms with Crippen molar-refractivity contribution in [3.05, 3.63) is 46.7 Å². The number of aryl methyl sites for hydroxylation is 4. The van der Waals surface area contributed by atoms with Gasteiger partial charge in [0.15, 0.2) is 0 Å². The second-order valence-corrected chi connectivity index (χ2v) is 8.42. The molecule has 0 bridgehead atoms. The molecular formula is C23H30F2N4O2. The summed E-state index contributed by atoms with van der Waals surface area (Å²) in [6.07, 6.45) is 5.46. The number of rotatable bonds is 10. The van der Waals surface area contributed by atoms with Crippen LogP contribution in [0.5, 0.6) is 0 Å². The van der Waals surface area contributed by atoms with Gasteiger partial charge in [0.25, 0.3) is 0 Å². The van der Waals surface area contributed by atoms with Gasteiger partial charge in [-0.25, -0.2) is 23.7 Å². The van der Waals surface area contributed by atoms with Crippen LogP contribution in [-0.4, -0.2) is 38.5 Å². The minimum absolute atomic E-state index is 0.280. The summed E-state index contributed by atoms with van der Waals surface area (Å²) in [5.41, 5.74) is 3.73. The number of halogens is 2. The Labute approximate surface area is 181 Å². The minimum Gasteiger partial charge on any atom is -0.481 e. The number of carboxylic acids is 1. The van der Waals surface area contributed by atoms with Crippen LogP contribution in [0.15, 0.2) is 18.5 Å². The number of carbonyl (C=O) groups is 1. The van der Waals surface area contributed by atoms with Gasteiger partial charge >= 0.3 is 5.97 Å². The Morgan fingerprint density at radius 1 is 1.26 bits per heavy atom. The Balaban J connectivity index is 1.55. The highest BCUT2D eigenvalue weighted by Crippen LogP contribution is 2.35. The molecule has 3 heterocycles. The van der Waals surface area contributed by atoms with Crippen molar-refractivity contribution in [2.45, 2.75) is 77.1 Å². The van der Waals surface area contributed by atoms with E-state index in [2.05, 4.69) is 21.4 Å². The molecule has 1 aliphatic heterocycles. The summed E-state index contributed by atoms with van der Waals surface area (Å²) in [5, 5.41) is 12.5. The number of unbranched alkanes of at least 4 members (excludes halogenated alkanes) is 1. The van der Waals surface area contributed by atoms with Gasteiger partial charge in [0.05, 0.1) is 6.42 Å². The maximum Gasteiger partial charge on any atom is 0.303 e. The van der Waals surface area contributed by atoms with E-state index in [0.29, 0.717) is 30.7 Å². The van der Waals surface area contributed by atoms with Gasteiger partial charge in [0.1, 0.15) is 11.6 Å². The lowest BCUT2D eigenvalue weighted by atomic mass is 9.89. The molecule has 31 heavy (non-hydrogen) atoms. The Morgan fingerprint density at radius 3 is 2.71 bits per heavy atom. The molecule has 8 heteroatoms. The predicted octanol–water partition coefficient (Wildman–Crippen LogP) is 4.84. The van der Waals surface area contributed by atoms with E-state index in [9.17, 15) is 13.6 Å². The fourth-order valence-corrected chi connectivity index (χ4v) is 4.06. The van der Waals surface area contributed by atoms with Gasteiger partial charge in [0, 0.05) is 43.4 Å². The van der Waals surface area contributed by atoms with Crippen LogP contribution in [0, 0.1) is 13.8 Å². The Morgan fingerprint density at radius 2 is 2.00 bits per heavy atom. The van der Waals surface area contributed by atoms with E-state index in [-0.39, 0.29) is 12.8 Å². The van der Waals surface area contributed by atoms with Crippen molar-refractivity contribution < 1.29 is 18.7 Å². The Kier molecular flexibility index (Phi) is 7.51. The number of fused-ring (bicyclic) bond motifs is 1. The Bertz CT molecular complexity index is 903. The quantitative estimate of drug-likeness (QED) is 0.522. The zero-order valence-electron chi connectivity index (χ0n) is 18.1. The molecule has 2 aromatic rings. The van der Waals surface area contributed by atoms with Crippen LogP contribution >= 0.6 is 0 Å². The second-order valence-electron chi connectivity index (χ2n) is 8.42. The third kappa shape index (κ3) is 6.67. The zero-order chi connectivity index (χ0) is 22.4. The van der Waals surface area contributed by atoms with Gasteiger partial charge in [-0.1, -0.05) is 6.07 Å². The maximum atomic E-state index is 14.7. The normalized spacial score (nSPS) is 14.6. The first-order chi connectivity index (χ1) is 14.7. The lowest BCUT2D eigenvalue weighted by Gasteiger charge is -2.23. The summed E-state index contributed by atoms with van der Waals surface area (Å²) in [5.74, 6) is -3.43. The van der Waals surface area contributed by atoms with Gasteiger partial charge < -0.3 is 10.4 Å². The molecular weight excluding hydrogens is 402 g/mol. The van der Waals surface area contributed by atoms with E-state index in [1.165, 1.54) is 18.0 Å². The largest absolute Gasteiger partial charge is 0.481 e. The summed E-state index contributed by atoms with van der Waals surface area (Å²) >= 11 is 0. The number of carboxylic acid groups (broad SMARTS) is 1.